The minimum atomic E-state index is -0.889. The largest absolute Gasteiger partial charge is 0.481 e. The first kappa shape index (κ1) is 21.4. The molecule has 0 aliphatic heterocycles. The lowest BCUT2D eigenvalue weighted by Gasteiger charge is -2.40. The number of hydrogen-bond donors (Lipinski definition) is 1. The zero-order valence-corrected chi connectivity index (χ0v) is 17.8. The molecule has 2 heterocycles. The van der Waals surface area contributed by atoms with Gasteiger partial charge in [-0.3, -0.25) is 9.78 Å². The van der Waals surface area contributed by atoms with Crippen molar-refractivity contribution in [1.82, 2.24) is 9.97 Å². The summed E-state index contributed by atoms with van der Waals surface area (Å²) >= 11 is 0. The van der Waals surface area contributed by atoms with Crippen molar-refractivity contribution >= 4 is 16.7 Å². The highest BCUT2D eigenvalue weighted by Gasteiger charge is 2.39. The molecule has 1 atom stereocenters. The van der Waals surface area contributed by atoms with E-state index in [1.807, 2.05) is 13.0 Å². The lowest BCUT2D eigenvalue weighted by atomic mass is 9.69. The molecule has 0 spiro atoms. The molecule has 0 bridgehead atoms. The number of carbonyl (C=O) groups is 1. The number of rotatable bonds is 6. The average molecular weight is 423 g/mol. The standard InChI is InChI=1S/C25H27FN2O3/c1-16(13-23(29)18-3-6-24(31-2)28-15-18)25(30)10-7-17(8-11-25)20-9-12-27-22-5-4-19(26)14-21(20)22/h3-6,9,12,14-17,30H,7-8,10-11,13H2,1-2H3/t16-,17?,25?/m0/s1. The van der Waals surface area contributed by atoms with Crippen molar-refractivity contribution in [3.63, 3.8) is 0 Å². The van der Waals surface area contributed by atoms with Gasteiger partial charge < -0.3 is 9.84 Å². The van der Waals surface area contributed by atoms with Crippen LogP contribution in [0.15, 0.2) is 48.8 Å². The lowest BCUT2D eigenvalue weighted by Crippen LogP contribution is -2.41. The fourth-order valence-electron chi connectivity index (χ4n) is 4.67. The number of pyridine rings is 2. The van der Waals surface area contributed by atoms with Gasteiger partial charge in [0.2, 0.25) is 5.88 Å². The van der Waals surface area contributed by atoms with Crippen LogP contribution in [0.5, 0.6) is 5.88 Å². The van der Waals surface area contributed by atoms with Crippen LogP contribution in [0.1, 0.15) is 60.9 Å². The minimum absolute atomic E-state index is 0.0335. The first-order valence-corrected chi connectivity index (χ1v) is 10.7. The van der Waals surface area contributed by atoms with E-state index in [2.05, 4.69) is 9.97 Å². The first-order valence-electron chi connectivity index (χ1n) is 10.7. The van der Waals surface area contributed by atoms with Gasteiger partial charge in [-0.2, -0.15) is 0 Å². The van der Waals surface area contributed by atoms with Crippen molar-refractivity contribution in [1.29, 1.82) is 0 Å². The number of fused-ring (bicyclic) bond motifs is 1. The van der Waals surface area contributed by atoms with Crippen LogP contribution in [0.3, 0.4) is 0 Å². The van der Waals surface area contributed by atoms with E-state index in [0.717, 1.165) is 29.3 Å². The Balaban J connectivity index is 1.43. The number of methoxy groups -OCH3 is 1. The van der Waals surface area contributed by atoms with Crippen molar-refractivity contribution in [2.75, 3.05) is 7.11 Å². The van der Waals surface area contributed by atoms with Gasteiger partial charge in [-0.05, 0) is 73.4 Å². The molecule has 6 heteroatoms. The molecule has 0 radical (unpaired) electrons. The van der Waals surface area contributed by atoms with E-state index >= 15 is 0 Å². The molecule has 1 saturated carbocycles. The molecule has 3 aromatic rings. The van der Waals surface area contributed by atoms with Crippen LogP contribution in [0.25, 0.3) is 10.9 Å². The van der Waals surface area contributed by atoms with E-state index in [-0.39, 0.29) is 29.9 Å². The first-order chi connectivity index (χ1) is 14.9. The number of ketones is 1. The highest BCUT2D eigenvalue weighted by molar-refractivity contribution is 5.96. The molecule has 0 saturated heterocycles. The van der Waals surface area contributed by atoms with Crippen molar-refractivity contribution in [2.45, 2.75) is 50.5 Å². The molecule has 1 fully saturated rings. The van der Waals surface area contributed by atoms with Crippen LogP contribution in [0, 0.1) is 11.7 Å². The Kier molecular flexibility index (Phi) is 6.01. The summed E-state index contributed by atoms with van der Waals surface area (Å²) in [6.07, 6.45) is 6.32. The summed E-state index contributed by atoms with van der Waals surface area (Å²) in [6, 6.07) is 10.0. The molecule has 4 rings (SSSR count). The fourth-order valence-corrected chi connectivity index (χ4v) is 4.67. The summed E-state index contributed by atoms with van der Waals surface area (Å²) in [4.78, 5) is 21.1. The molecule has 1 aromatic carbocycles. The smallest absolute Gasteiger partial charge is 0.212 e. The zero-order valence-electron chi connectivity index (χ0n) is 17.8. The summed E-state index contributed by atoms with van der Waals surface area (Å²) in [5.41, 5.74) is 1.50. The van der Waals surface area contributed by atoms with Gasteiger partial charge in [0.15, 0.2) is 5.78 Å². The third-order valence-electron chi connectivity index (χ3n) is 6.70. The molecule has 0 unspecified atom stereocenters. The number of aromatic nitrogens is 2. The van der Waals surface area contributed by atoms with Crippen LogP contribution in [-0.4, -0.2) is 33.6 Å². The molecule has 2 aromatic heterocycles. The van der Waals surface area contributed by atoms with Gasteiger partial charge in [0, 0.05) is 35.8 Å². The fraction of sp³-hybridized carbons (Fsp3) is 0.400. The van der Waals surface area contributed by atoms with Crippen LogP contribution >= 0.6 is 0 Å². The highest BCUT2D eigenvalue weighted by atomic mass is 19.1. The van der Waals surface area contributed by atoms with Crippen molar-refractivity contribution in [3.8, 4) is 5.88 Å². The van der Waals surface area contributed by atoms with Crippen LogP contribution < -0.4 is 4.74 Å². The quantitative estimate of drug-likeness (QED) is 0.561. The average Bonchev–Trinajstić information content (AvgIpc) is 2.79. The van der Waals surface area contributed by atoms with Crippen LogP contribution in [0.4, 0.5) is 4.39 Å². The van der Waals surface area contributed by atoms with E-state index in [1.165, 1.54) is 19.4 Å². The van der Waals surface area contributed by atoms with Gasteiger partial charge in [-0.15, -0.1) is 0 Å². The normalized spacial score (nSPS) is 22.3. The summed E-state index contributed by atoms with van der Waals surface area (Å²) in [5, 5.41) is 12.1. The Morgan fingerprint density at radius 3 is 2.68 bits per heavy atom. The van der Waals surface area contributed by atoms with E-state index in [9.17, 15) is 14.3 Å². The van der Waals surface area contributed by atoms with Gasteiger partial charge in [-0.1, -0.05) is 6.92 Å². The van der Waals surface area contributed by atoms with Gasteiger partial charge in [0.25, 0.3) is 0 Å². The maximum absolute atomic E-state index is 13.8. The Bertz CT molecular complexity index is 1080. The molecule has 1 aliphatic rings. The molecule has 31 heavy (non-hydrogen) atoms. The van der Waals surface area contributed by atoms with Crippen molar-refractivity contribution in [2.24, 2.45) is 5.92 Å². The van der Waals surface area contributed by atoms with E-state index in [1.54, 1.807) is 30.5 Å². The SMILES string of the molecule is COc1ccc(C(=O)C[C@H](C)C2(O)CCC(c3ccnc4ccc(F)cc34)CC2)cn1. The second-order valence-corrected chi connectivity index (χ2v) is 8.56. The van der Waals surface area contributed by atoms with E-state index in [0.29, 0.717) is 24.3 Å². The van der Waals surface area contributed by atoms with Gasteiger partial charge in [0.1, 0.15) is 5.82 Å². The number of nitrogens with zero attached hydrogens (tertiary/aromatic N) is 2. The lowest BCUT2D eigenvalue weighted by molar-refractivity contribution is -0.0471. The highest BCUT2D eigenvalue weighted by Crippen LogP contribution is 2.44. The molecule has 162 valence electrons. The second-order valence-electron chi connectivity index (χ2n) is 8.56. The number of carbonyl (C=O) groups excluding carboxylic acids is 1. The van der Waals surface area contributed by atoms with Gasteiger partial charge in [0.05, 0.1) is 18.2 Å². The van der Waals surface area contributed by atoms with E-state index < -0.39 is 5.60 Å². The Morgan fingerprint density at radius 1 is 1.23 bits per heavy atom. The van der Waals surface area contributed by atoms with Crippen LogP contribution in [-0.2, 0) is 0 Å². The maximum atomic E-state index is 13.8. The van der Waals surface area contributed by atoms with Crippen molar-refractivity contribution < 1.29 is 19.0 Å². The Morgan fingerprint density at radius 2 is 2.00 bits per heavy atom. The monoisotopic (exact) mass is 422 g/mol. The van der Waals surface area contributed by atoms with Gasteiger partial charge >= 0.3 is 0 Å². The zero-order chi connectivity index (χ0) is 22.0. The second kappa shape index (κ2) is 8.71. The molecule has 1 N–H and O–H groups in total. The number of halogens is 1. The maximum Gasteiger partial charge on any atom is 0.212 e. The van der Waals surface area contributed by atoms with Gasteiger partial charge in [-0.25, -0.2) is 9.37 Å². The van der Waals surface area contributed by atoms with Crippen LogP contribution in [0.2, 0.25) is 0 Å². The molecule has 0 amide bonds. The summed E-state index contributed by atoms with van der Waals surface area (Å²) < 4.78 is 18.8. The number of hydrogen-bond acceptors (Lipinski definition) is 5. The summed E-state index contributed by atoms with van der Waals surface area (Å²) in [5.74, 6) is 0.226. The molecular formula is C25H27FN2O3. The van der Waals surface area contributed by atoms with Crippen molar-refractivity contribution in [3.05, 3.63) is 65.7 Å². The predicted octanol–water partition coefficient (Wildman–Crippen LogP) is 5.08. The third kappa shape index (κ3) is 4.44. The molecular weight excluding hydrogens is 395 g/mol. The topological polar surface area (TPSA) is 72.3 Å². The Labute approximate surface area is 181 Å². The third-order valence-corrected chi connectivity index (χ3v) is 6.70. The number of benzene rings is 1. The Hall–Kier alpha value is -2.86. The van der Waals surface area contributed by atoms with E-state index in [4.69, 9.17) is 4.74 Å². The summed E-state index contributed by atoms with van der Waals surface area (Å²) in [7, 11) is 1.53. The predicted molar refractivity (Wildman–Crippen MR) is 117 cm³/mol. The number of Topliss-reactive ketones (excluding diaryl/α,β-unsaturated/α-hetero) is 1. The summed E-state index contributed by atoms with van der Waals surface area (Å²) in [6.45, 7) is 1.94. The number of aliphatic hydroxyl groups is 1. The molecule has 5 nitrogen and oxygen atoms in total. The minimum Gasteiger partial charge on any atom is -0.481 e. The number of ether oxygens (including phenoxy) is 1. The molecule has 1 aliphatic carbocycles.